The van der Waals surface area contributed by atoms with Gasteiger partial charge in [-0.15, -0.1) is 0 Å². The van der Waals surface area contributed by atoms with Gasteiger partial charge in [-0.1, -0.05) is 36.8 Å². The fourth-order valence-corrected chi connectivity index (χ4v) is 3.11. The summed E-state index contributed by atoms with van der Waals surface area (Å²) < 4.78 is 5.40. The van der Waals surface area contributed by atoms with Gasteiger partial charge in [-0.25, -0.2) is 4.79 Å². The van der Waals surface area contributed by atoms with E-state index >= 15 is 0 Å². The highest BCUT2D eigenvalue weighted by atomic mass is 16.6. The van der Waals surface area contributed by atoms with Crippen molar-refractivity contribution in [3.8, 4) is 0 Å². The Morgan fingerprint density at radius 1 is 1.26 bits per heavy atom. The van der Waals surface area contributed by atoms with E-state index in [1.807, 2.05) is 20.8 Å². The lowest BCUT2D eigenvalue weighted by atomic mass is 9.87. The average molecular weight is 318 g/mol. The number of ether oxygens (including phenoxy) is 1. The number of likely N-dealkylation sites (N-methyl/N-ethyl adjacent to an activating group) is 1. The number of carbonyl (C=O) groups excluding carboxylic acids is 1. The molecule has 1 amide bonds. The molecule has 0 bridgehead atoms. The third-order valence-corrected chi connectivity index (χ3v) is 4.24. The van der Waals surface area contributed by atoms with E-state index in [9.17, 15) is 4.79 Å². The van der Waals surface area contributed by atoms with E-state index in [-0.39, 0.29) is 12.1 Å². The average Bonchev–Trinajstić information content (AvgIpc) is 2.45. The van der Waals surface area contributed by atoms with Crippen LogP contribution in [0.3, 0.4) is 0 Å². The first-order valence-corrected chi connectivity index (χ1v) is 8.55. The Morgan fingerprint density at radius 3 is 2.48 bits per heavy atom. The van der Waals surface area contributed by atoms with Crippen LogP contribution in [0, 0.1) is 6.92 Å². The normalized spacial score (nSPS) is 22.7. The molecule has 2 rings (SSSR count). The standard InChI is InChI=1S/C19H30N2O2/c1-6-21-12-16(15-9-7-14(2)8-10-15)11-17(13-21)20-18(22)23-19(3,4)5/h7-10,16-17H,6,11-13H2,1-5H3,(H,20,22). The molecule has 1 saturated heterocycles. The molecule has 128 valence electrons. The van der Waals surface area contributed by atoms with Crippen molar-refractivity contribution in [2.75, 3.05) is 19.6 Å². The summed E-state index contributed by atoms with van der Waals surface area (Å²) >= 11 is 0. The lowest BCUT2D eigenvalue weighted by molar-refractivity contribution is 0.0467. The highest BCUT2D eigenvalue weighted by molar-refractivity contribution is 5.68. The van der Waals surface area contributed by atoms with Gasteiger partial charge in [0.1, 0.15) is 5.60 Å². The quantitative estimate of drug-likeness (QED) is 0.924. The first-order valence-electron chi connectivity index (χ1n) is 8.55. The van der Waals surface area contributed by atoms with E-state index in [1.54, 1.807) is 0 Å². The SMILES string of the molecule is CCN1CC(NC(=O)OC(C)(C)C)CC(c2ccc(C)cc2)C1. The number of rotatable bonds is 3. The summed E-state index contributed by atoms with van der Waals surface area (Å²) in [5, 5.41) is 3.05. The van der Waals surface area contributed by atoms with Crippen LogP contribution in [0.15, 0.2) is 24.3 Å². The number of nitrogens with zero attached hydrogens (tertiary/aromatic N) is 1. The molecule has 1 fully saturated rings. The second-order valence-electron chi connectivity index (χ2n) is 7.54. The van der Waals surface area contributed by atoms with Crippen LogP contribution in [0.1, 0.15) is 51.2 Å². The first kappa shape index (κ1) is 17.8. The van der Waals surface area contributed by atoms with E-state index in [4.69, 9.17) is 4.74 Å². The van der Waals surface area contributed by atoms with Crippen LogP contribution in [0.4, 0.5) is 4.79 Å². The maximum atomic E-state index is 12.1. The number of alkyl carbamates (subject to hydrolysis) is 1. The summed E-state index contributed by atoms with van der Waals surface area (Å²) in [5.41, 5.74) is 2.17. The lowest BCUT2D eigenvalue weighted by Gasteiger charge is -2.38. The maximum Gasteiger partial charge on any atom is 0.407 e. The molecule has 0 saturated carbocycles. The summed E-state index contributed by atoms with van der Waals surface area (Å²) in [7, 11) is 0. The molecule has 0 spiro atoms. The molecule has 1 aliphatic rings. The van der Waals surface area contributed by atoms with Crippen molar-refractivity contribution < 1.29 is 9.53 Å². The van der Waals surface area contributed by atoms with Crippen molar-refractivity contribution in [3.05, 3.63) is 35.4 Å². The van der Waals surface area contributed by atoms with Crippen LogP contribution in [-0.2, 0) is 4.74 Å². The number of benzene rings is 1. The number of carbonyl (C=O) groups is 1. The number of aryl methyl sites for hydroxylation is 1. The fraction of sp³-hybridized carbons (Fsp3) is 0.632. The molecule has 2 unspecified atom stereocenters. The largest absolute Gasteiger partial charge is 0.444 e. The maximum absolute atomic E-state index is 12.1. The highest BCUT2D eigenvalue weighted by Gasteiger charge is 2.29. The van der Waals surface area contributed by atoms with Gasteiger partial charge in [-0.2, -0.15) is 0 Å². The van der Waals surface area contributed by atoms with E-state index in [1.165, 1.54) is 11.1 Å². The number of nitrogens with one attached hydrogen (secondary N) is 1. The number of piperidine rings is 1. The number of amides is 1. The monoisotopic (exact) mass is 318 g/mol. The predicted octanol–water partition coefficient (Wildman–Crippen LogP) is 3.70. The minimum absolute atomic E-state index is 0.129. The van der Waals surface area contributed by atoms with Crippen LogP contribution in [-0.4, -0.2) is 42.3 Å². The van der Waals surface area contributed by atoms with Gasteiger partial charge in [0.15, 0.2) is 0 Å². The molecule has 1 heterocycles. The van der Waals surface area contributed by atoms with E-state index in [0.29, 0.717) is 5.92 Å². The Bertz CT molecular complexity index is 519. The summed E-state index contributed by atoms with van der Waals surface area (Å²) in [6, 6.07) is 8.88. The van der Waals surface area contributed by atoms with Gasteiger partial charge in [0.25, 0.3) is 0 Å². The molecular formula is C19H30N2O2. The highest BCUT2D eigenvalue weighted by Crippen LogP contribution is 2.27. The Hall–Kier alpha value is -1.55. The smallest absolute Gasteiger partial charge is 0.407 e. The molecule has 0 aliphatic carbocycles. The Kier molecular flexibility index (Phi) is 5.69. The number of likely N-dealkylation sites (tertiary alicyclic amines) is 1. The van der Waals surface area contributed by atoms with Gasteiger partial charge in [0.2, 0.25) is 0 Å². The van der Waals surface area contributed by atoms with Crippen molar-refractivity contribution in [2.45, 2.75) is 58.6 Å². The van der Waals surface area contributed by atoms with Crippen molar-refractivity contribution in [3.63, 3.8) is 0 Å². The third kappa shape index (κ3) is 5.54. The lowest BCUT2D eigenvalue weighted by Crippen LogP contribution is -2.51. The van der Waals surface area contributed by atoms with Gasteiger partial charge in [0, 0.05) is 19.1 Å². The topological polar surface area (TPSA) is 41.6 Å². The molecule has 0 aromatic heterocycles. The van der Waals surface area contributed by atoms with Crippen molar-refractivity contribution >= 4 is 6.09 Å². The molecule has 23 heavy (non-hydrogen) atoms. The number of hydrogen-bond acceptors (Lipinski definition) is 3. The van der Waals surface area contributed by atoms with Gasteiger partial charge in [0.05, 0.1) is 0 Å². The summed E-state index contributed by atoms with van der Waals surface area (Å²) in [6.07, 6.45) is 0.641. The Balaban J connectivity index is 2.03. The summed E-state index contributed by atoms with van der Waals surface area (Å²) in [4.78, 5) is 14.5. The zero-order chi connectivity index (χ0) is 17.0. The first-order chi connectivity index (χ1) is 10.8. The molecule has 0 radical (unpaired) electrons. The van der Waals surface area contributed by atoms with Crippen LogP contribution in [0.25, 0.3) is 0 Å². The molecule has 4 heteroatoms. The second kappa shape index (κ2) is 7.35. The van der Waals surface area contributed by atoms with Crippen LogP contribution in [0.5, 0.6) is 0 Å². The molecule has 1 aromatic carbocycles. The molecule has 1 N–H and O–H groups in total. The summed E-state index contributed by atoms with van der Waals surface area (Å²) in [6.45, 7) is 12.9. The van der Waals surface area contributed by atoms with E-state index in [0.717, 1.165) is 26.1 Å². The van der Waals surface area contributed by atoms with Gasteiger partial charge < -0.3 is 15.0 Å². The minimum atomic E-state index is -0.459. The summed E-state index contributed by atoms with van der Waals surface area (Å²) in [5.74, 6) is 0.448. The van der Waals surface area contributed by atoms with Crippen LogP contribution < -0.4 is 5.32 Å². The Labute approximate surface area is 140 Å². The molecule has 2 atom stereocenters. The molecule has 1 aliphatic heterocycles. The Morgan fingerprint density at radius 2 is 1.91 bits per heavy atom. The fourth-order valence-electron chi connectivity index (χ4n) is 3.11. The zero-order valence-corrected chi connectivity index (χ0v) is 15.1. The predicted molar refractivity (Wildman–Crippen MR) is 93.8 cm³/mol. The van der Waals surface area contributed by atoms with E-state index in [2.05, 4.69) is 48.3 Å². The van der Waals surface area contributed by atoms with E-state index < -0.39 is 5.60 Å². The molecule has 1 aromatic rings. The third-order valence-electron chi connectivity index (χ3n) is 4.24. The zero-order valence-electron chi connectivity index (χ0n) is 15.1. The van der Waals surface area contributed by atoms with Crippen molar-refractivity contribution in [1.82, 2.24) is 10.2 Å². The van der Waals surface area contributed by atoms with Gasteiger partial charge >= 0.3 is 6.09 Å². The molecule has 4 nitrogen and oxygen atoms in total. The van der Waals surface area contributed by atoms with Crippen LogP contribution >= 0.6 is 0 Å². The van der Waals surface area contributed by atoms with Gasteiger partial charge in [-0.05, 0) is 52.1 Å². The van der Waals surface area contributed by atoms with Crippen molar-refractivity contribution in [2.24, 2.45) is 0 Å². The van der Waals surface area contributed by atoms with Crippen LogP contribution in [0.2, 0.25) is 0 Å². The molecular weight excluding hydrogens is 288 g/mol. The van der Waals surface area contributed by atoms with Gasteiger partial charge in [-0.3, -0.25) is 0 Å². The van der Waals surface area contributed by atoms with Crippen molar-refractivity contribution in [1.29, 1.82) is 0 Å². The number of hydrogen-bond donors (Lipinski definition) is 1. The minimum Gasteiger partial charge on any atom is -0.444 e. The second-order valence-corrected chi connectivity index (χ2v) is 7.54.